The molecule has 5 nitrogen and oxygen atoms in total. The minimum Gasteiger partial charge on any atom is -0.393 e. The highest BCUT2D eigenvalue weighted by Gasteiger charge is 2.23. The molecule has 122 valence electrons. The van der Waals surface area contributed by atoms with Crippen molar-refractivity contribution >= 4 is 29.1 Å². The summed E-state index contributed by atoms with van der Waals surface area (Å²) in [5, 5.41) is 13.9. The van der Waals surface area contributed by atoms with Gasteiger partial charge in [0.1, 0.15) is 0 Å². The summed E-state index contributed by atoms with van der Waals surface area (Å²) in [6.45, 7) is 5.57. The zero-order valence-electron chi connectivity index (χ0n) is 12.7. The van der Waals surface area contributed by atoms with E-state index in [-0.39, 0.29) is 22.7 Å². The molecular weight excluding hydrogens is 311 g/mol. The van der Waals surface area contributed by atoms with Crippen LogP contribution in [0.3, 0.4) is 0 Å². The summed E-state index contributed by atoms with van der Waals surface area (Å²) in [5.74, 6) is -2.65. The van der Waals surface area contributed by atoms with Gasteiger partial charge in [-0.05, 0) is 30.9 Å². The molecule has 1 unspecified atom stereocenters. The van der Waals surface area contributed by atoms with E-state index in [4.69, 9.17) is 11.6 Å². The van der Waals surface area contributed by atoms with E-state index in [0.717, 1.165) is 0 Å². The third-order valence-corrected chi connectivity index (χ3v) is 3.27. The summed E-state index contributed by atoms with van der Waals surface area (Å²) < 4.78 is 13.6. The van der Waals surface area contributed by atoms with Gasteiger partial charge in [-0.1, -0.05) is 31.5 Å². The molecule has 0 saturated carbocycles. The Morgan fingerprint density at radius 1 is 1.36 bits per heavy atom. The Hall–Kier alpha value is -1.66. The van der Waals surface area contributed by atoms with E-state index < -0.39 is 23.7 Å². The first-order valence-electron chi connectivity index (χ1n) is 6.83. The van der Waals surface area contributed by atoms with Crippen molar-refractivity contribution < 1.29 is 19.1 Å². The fourth-order valence-electron chi connectivity index (χ4n) is 2.05. The van der Waals surface area contributed by atoms with Gasteiger partial charge in [-0.3, -0.25) is 9.59 Å². The molecule has 22 heavy (non-hydrogen) atoms. The van der Waals surface area contributed by atoms with E-state index >= 15 is 0 Å². The molecule has 0 aromatic heterocycles. The number of aliphatic hydroxyl groups is 1. The van der Waals surface area contributed by atoms with Crippen molar-refractivity contribution in [3.8, 4) is 0 Å². The van der Waals surface area contributed by atoms with Crippen molar-refractivity contribution in [2.45, 2.75) is 33.3 Å². The number of anilines is 1. The summed E-state index contributed by atoms with van der Waals surface area (Å²) in [5.41, 5.74) is -0.526. The van der Waals surface area contributed by atoms with E-state index in [2.05, 4.69) is 10.6 Å². The molecular formula is C15H20ClFN2O3. The lowest BCUT2D eigenvalue weighted by molar-refractivity contribution is -0.136. The maximum absolute atomic E-state index is 13.6. The highest BCUT2D eigenvalue weighted by atomic mass is 35.5. The lowest BCUT2D eigenvalue weighted by Gasteiger charge is -2.26. The molecule has 0 saturated heterocycles. The summed E-state index contributed by atoms with van der Waals surface area (Å²) in [6, 6.07) is 4.11. The number of carbonyl (C=O) groups is 2. The summed E-state index contributed by atoms with van der Waals surface area (Å²) in [7, 11) is 0. The lowest BCUT2D eigenvalue weighted by atomic mass is 9.87. The fraction of sp³-hybridized carbons (Fsp3) is 0.467. The molecule has 3 N–H and O–H groups in total. The number of aliphatic hydroxyl groups excluding tert-OH is 1. The number of nitrogens with one attached hydrogen (secondary N) is 2. The minimum atomic E-state index is -0.978. The lowest BCUT2D eigenvalue weighted by Crippen LogP contribution is -2.41. The first kappa shape index (κ1) is 18.4. The molecule has 0 heterocycles. The van der Waals surface area contributed by atoms with Crippen LogP contribution in [0, 0.1) is 11.2 Å². The highest BCUT2D eigenvalue weighted by molar-refractivity contribution is 6.39. The fourth-order valence-corrected chi connectivity index (χ4v) is 2.23. The molecule has 0 spiro atoms. The van der Waals surface area contributed by atoms with Gasteiger partial charge in [-0.25, -0.2) is 4.39 Å². The van der Waals surface area contributed by atoms with Crippen LogP contribution in [-0.4, -0.2) is 29.6 Å². The molecule has 0 aliphatic heterocycles. The van der Waals surface area contributed by atoms with E-state index in [1.807, 2.05) is 13.8 Å². The Kier molecular flexibility index (Phi) is 6.32. The van der Waals surface area contributed by atoms with Crippen molar-refractivity contribution in [1.82, 2.24) is 5.32 Å². The van der Waals surface area contributed by atoms with Crippen molar-refractivity contribution in [1.29, 1.82) is 0 Å². The molecule has 0 fully saturated rings. The maximum Gasteiger partial charge on any atom is 0.313 e. The molecule has 0 aliphatic carbocycles. The number of rotatable bonds is 5. The Bertz CT molecular complexity index is 562. The van der Waals surface area contributed by atoms with Gasteiger partial charge >= 0.3 is 11.8 Å². The van der Waals surface area contributed by atoms with Gasteiger partial charge in [0, 0.05) is 6.54 Å². The Balaban J connectivity index is 2.59. The van der Waals surface area contributed by atoms with Crippen LogP contribution in [0.5, 0.6) is 0 Å². The molecule has 0 radical (unpaired) electrons. The predicted molar refractivity (Wildman–Crippen MR) is 83.1 cm³/mol. The van der Waals surface area contributed by atoms with Crippen LogP contribution in [0.25, 0.3) is 0 Å². The van der Waals surface area contributed by atoms with Gasteiger partial charge in [0.25, 0.3) is 0 Å². The molecule has 0 aliphatic rings. The predicted octanol–water partition coefficient (Wildman–Crippen LogP) is 2.33. The van der Waals surface area contributed by atoms with Crippen molar-refractivity contribution in [3.63, 3.8) is 0 Å². The van der Waals surface area contributed by atoms with Gasteiger partial charge in [0.2, 0.25) is 0 Å². The highest BCUT2D eigenvalue weighted by Crippen LogP contribution is 2.22. The maximum atomic E-state index is 13.6. The van der Waals surface area contributed by atoms with Crippen molar-refractivity contribution in [2.75, 3.05) is 11.9 Å². The van der Waals surface area contributed by atoms with Crippen LogP contribution < -0.4 is 10.6 Å². The second-order valence-electron chi connectivity index (χ2n) is 5.96. The van der Waals surface area contributed by atoms with Gasteiger partial charge in [0.05, 0.1) is 16.8 Å². The average Bonchev–Trinajstić information content (AvgIpc) is 2.40. The Morgan fingerprint density at radius 2 is 2.00 bits per heavy atom. The third-order valence-electron chi connectivity index (χ3n) is 2.98. The first-order valence-corrected chi connectivity index (χ1v) is 7.21. The molecule has 1 aromatic rings. The van der Waals surface area contributed by atoms with Gasteiger partial charge in [-0.2, -0.15) is 0 Å². The SMILES string of the molecule is CC(O)CC(C)(C)CNC(=O)C(=O)Nc1cccc(Cl)c1F. The molecule has 2 amide bonds. The van der Waals surface area contributed by atoms with Gasteiger partial charge < -0.3 is 15.7 Å². The van der Waals surface area contributed by atoms with Crippen LogP contribution in [0.2, 0.25) is 5.02 Å². The zero-order chi connectivity index (χ0) is 16.9. The van der Waals surface area contributed by atoms with Crippen LogP contribution in [0.1, 0.15) is 27.2 Å². The quantitative estimate of drug-likeness (QED) is 0.725. The normalized spacial score (nSPS) is 12.6. The minimum absolute atomic E-state index is 0.142. The molecule has 1 rings (SSSR count). The average molecular weight is 331 g/mol. The first-order chi connectivity index (χ1) is 10.1. The number of halogens is 2. The van der Waals surface area contributed by atoms with Crippen LogP contribution >= 0.6 is 11.6 Å². The van der Waals surface area contributed by atoms with Crippen molar-refractivity contribution in [2.24, 2.45) is 5.41 Å². The third kappa shape index (κ3) is 5.61. The topological polar surface area (TPSA) is 78.4 Å². The van der Waals surface area contributed by atoms with Crippen LogP contribution in [0.15, 0.2) is 18.2 Å². The van der Waals surface area contributed by atoms with E-state index in [1.54, 1.807) is 6.92 Å². The summed E-state index contributed by atoms with van der Waals surface area (Å²) in [4.78, 5) is 23.5. The standard InChI is InChI=1S/C15H20ClFN2O3/c1-9(20)7-15(2,3)8-18-13(21)14(22)19-11-6-4-5-10(16)12(11)17/h4-6,9,20H,7-8H2,1-3H3,(H,18,21)(H,19,22). The zero-order valence-corrected chi connectivity index (χ0v) is 13.5. The van der Waals surface area contributed by atoms with E-state index in [0.29, 0.717) is 6.42 Å². The Morgan fingerprint density at radius 3 is 2.59 bits per heavy atom. The monoisotopic (exact) mass is 330 g/mol. The van der Waals surface area contributed by atoms with Gasteiger partial charge in [-0.15, -0.1) is 0 Å². The van der Waals surface area contributed by atoms with E-state index in [1.165, 1.54) is 18.2 Å². The van der Waals surface area contributed by atoms with Crippen molar-refractivity contribution in [3.05, 3.63) is 29.0 Å². The largest absolute Gasteiger partial charge is 0.393 e. The second kappa shape index (κ2) is 7.56. The number of carbonyl (C=O) groups excluding carboxylic acids is 2. The second-order valence-corrected chi connectivity index (χ2v) is 6.36. The molecule has 1 atom stereocenters. The number of hydrogen-bond donors (Lipinski definition) is 3. The van der Waals surface area contributed by atoms with Crippen LogP contribution in [-0.2, 0) is 9.59 Å². The molecule has 1 aromatic carbocycles. The summed E-state index contributed by atoms with van der Waals surface area (Å²) >= 11 is 5.60. The van der Waals surface area contributed by atoms with Gasteiger partial charge in [0.15, 0.2) is 5.82 Å². The number of amides is 2. The molecule has 7 heteroatoms. The summed E-state index contributed by atoms with van der Waals surface area (Å²) in [6.07, 6.45) is -0.0426. The molecule has 0 bridgehead atoms. The number of benzene rings is 1. The smallest absolute Gasteiger partial charge is 0.313 e. The Labute approximate surface area is 133 Å². The van der Waals surface area contributed by atoms with Crippen LogP contribution in [0.4, 0.5) is 10.1 Å². The van der Waals surface area contributed by atoms with E-state index in [9.17, 15) is 19.1 Å². The number of hydrogen-bond acceptors (Lipinski definition) is 3.